The normalized spacial score (nSPS) is 11.1. The smallest absolute Gasteiger partial charge is 0.0795 e. The second-order valence-corrected chi connectivity index (χ2v) is 7.49. The van der Waals surface area contributed by atoms with E-state index >= 15 is 0 Å². The van der Waals surface area contributed by atoms with Crippen molar-refractivity contribution in [2.75, 3.05) is 0 Å². The molecule has 20 heavy (non-hydrogen) atoms. The van der Waals surface area contributed by atoms with Crippen molar-refractivity contribution in [3.05, 3.63) is 44.0 Å². The molecule has 0 spiro atoms. The zero-order valence-corrected chi connectivity index (χ0v) is 14.3. The molecule has 0 aromatic carbocycles. The summed E-state index contributed by atoms with van der Waals surface area (Å²) in [5.74, 6) is 0. The average molecular weight is 417 g/mol. The number of thiophene rings is 1. The summed E-state index contributed by atoms with van der Waals surface area (Å²) in [4.78, 5) is 1.17. The third-order valence-corrected chi connectivity index (χ3v) is 5.14. The number of nitrogens with one attached hydrogen (secondary N) is 3. The van der Waals surface area contributed by atoms with Gasteiger partial charge in [0.2, 0.25) is 0 Å². The number of H-pyrrole nitrogens is 2. The van der Waals surface area contributed by atoms with Gasteiger partial charge in [-0.15, -0.1) is 11.3 Å². The number of aromatic nitrogens is 4. The van der Waals surface area contributed by atoms with Gasteiger partial charge in [0.25, 0.3) is 0 Å². The summed E-state index contributed by atoms with van der Waals surface area (Å²) < 4.78 is 2.10. The van der Waals surface area contributed by atoms with Crippen LogP contribution in [0.1, 0.15) is 11.3 Å². The van der Waals surface area contributed by atoms with E-state index in [1.165, 1.54) is 4.88 Å². The van der Waals surface area contributed by atoms with Crippen LogP contribution in [0.25, 0.3) is 10.6 Å². The first-order valence-electron chi connectivity index (χ1n) is 5.90. The molecule has 8 heteroatoms. The molecule has 0 aliphatic heterocycles. The van der Waals surface area contributed by atoms with Gasteiger partial charge in [0.1, 0.15) is 0 Å². The minimum absolute atomic E-state index is 0.722. The standard InChI is InChI=1S/C12H11Br2N5S/c13-8-5-17-18-9(8)6-15-3-7-4-16-19-12(7)10-1-2-11(14)20-10/h1-2,4-5,15H,3,6H2,(H,16,19)(H,17,18). The first kappa shape index (κ1) is 14.0. The fraction of sp³-hybridized carbons (Fsp3) is 0.167. The van der Waals surface area contributed by atoms with Crippen LogP contribution in [0.15, 0.2) is 32.8 Å². The van der Waals surface area contributed by atoms with Gasteiger partial charge in [0, 0.05) is 18.7 Å². The fourth-order valence-electron chi connectivity index (χ4n) is 1.85. The number of hydrogen-bond donors (Lipinski definition) is 3. The van der Waals surface area contributed by atoms with Crippen molar-refractivity contribution in [2.45, 2.75) is 13.1 Å². The Bertz CT molecular complexity index is 702. The number of halogens is 2. The first-order valence-corrected chi connectivity index (χ1v) is 8.30. The summed E-state index contributed by atoms with van der Waals surface area (Å²) in [6.45, 7) is 1.46. The van der Waals surface area contributed by atoms with Gasteiger partial charge in [0.05, 0.1) is 36.9 Å². The van der Waals surface area contributed by atoms with Crippen molar-refractivity contribution in [3.63, 3.8) is 0 Å². The van der Waals surface area contributed by atoms with Crippen LogP contribution in [0.4, 0.5) is 0 Å². The highest BCUT2D eigenvalue weighted by molar-refractivity contribution is 9.11. The molecule has 0 unspecified atom stereocenters. The molecule has 0 atom stereocenters. The average Bonchev–Trinajstić information content (AvgIpc) is 3.12. The molecule has 0 radical (unpaired) electrons. The Morgan fingerprint density at radius 2 is 1.95 bits per heavy atom. The van der Waals surface area contributed by atoms with E-state index in [1.54, 1.807) is 17.5 Å². The first-order chi connectivity index (χ1) is 9.74. The summed E-state index contributed by atoms with van der Waals surface area (Å²) in [7, 11) is 0. The van der Waals surface area contributed by atoms with Gasteiger partial charge in [-0.3, -0.25) is 10.2 Å². The molecule has 0 aliphatic carbocycles. The molecule has 3 aromatic rings. The molecular formula is C12H11Br2N5S. The second-order valence-electron chi connectivity index (χ2n) is 4.17. The summed E-state index contributed by atoms with van der Waals surface area (Å²) in [6.07, 6.45) is 3.61. The topological polar surface area (TPSA) is 69.4 Å². The minimum atomic E-state index is 0.722. The van der Waals surface area contributed by atoms with E-state index in [1.807, 2.05) is 12.3 Å². The van der Waals surface area contributed by atoms with Crippen molar-refractivity contribution in [2.24, 2.45) is 0 Å². The van der Waals surface area contributed by atoms with Crippen molar-refractivity contribution >= 4 is 43.2 Å². The van der Waals surface area contributed by atoms with E-state index in [0.29, 0.717) is 0 Å². The molecule has 0 saturated carbocycles. The molecular weight excluding hydrogens is 406 g/mol. The van der Waals surface area contributed by atoms with Gasteiger partial charge in [-0.1, -0.05) is 0 Å². The van der Waals surface area contributed by atoms with Crippen LogP contribution in [-0.2, 0) is 13.1 Å². The summed E-state index contributed by atoms with van der Waals surface area (Å²) in [6, 6.07) is 4.12. The molecule has 3 heterocycles. The quantitative estimate of drug-likeness (QED) is 0.594. The highest BCUT2D eigenvalue weighted by Gasteiger charge is 2.10. The van der Waals surface area contributed by atoms with Gasteiger partial charge in [0.15, 0.2) is 0 Å². The second kappa shape index (κ2) is 6.21. The zero-order valence-electron chi connectivity index (χ0n) is 10.3. The van der Waals surface area contributed by atoms with E-state index in [4.69, 9.17) is 0 Å². The number of rotatable bonds is 5. The Labute approximate surface area is 136 Å². The van der Waals surface area contributed by atoms with Crippen molar-refractivity contribution in [1.82, 2.24) is 25.7 Å². The Morgan fingerprint density at radius 1 is 1.10 bits per heavy atom. The van der Waals surface area contributed by atoms with E-state index in [0.717, 1.165) is 38.3 Å². The van der Waals surface area contributed by atoms with Crippen molar-refractivity contribution in [1.29, 1.82) is 0 Å². The monoisotopic (exact) mass is 415 g/mol. The maximum absolute atomic E-state index is 4.14. The molecule has 104 valence electrons. The molecule has 0 aliphatic rings. The molecule has 0 bridgehead atoms. The predicted octanol–water partition coefficient (Wildman–Crippen LogP) is 3.68. The Balaban J connectivity index is 1.67. The highest BCUT2D eigenvalue weighted by atomic mass is 79.9. The van der Waals surface area contributed by atoms with Gasteiger partial charge in [-0.25, -0.2) is 0 Å². The molecule has 0 amide bonds. The Hall–Kier alpha value is -0.960. The van der Waals surface area contributed by atoms with Crippen LogP contribution < -0.4 is 5.32 Å². The molecule has 3 aromatic heterocycles. The lowest BCUT2D eigenvalue weighted by Crippen LogP contribution is -2.13. The van der Waals surface area contributed by atoms with Gasteiger partial charge in [-0.2, -0.15) is 10.2 Å². The molecule has 0 saturated heterocycles. The van der Waals surface area contributed by atoms with Gasteiger partial charge >= 0.3 is 0 Å². The predicted molar refractivity (Wildman–Crippen MR) is 86.4 cm³/mol. The van der Waals surface area contributed by atoms with E-state index < -0.39 is 0 Å². The van der Waals surface area contributed by atoms with E-state index in [2.05, 4.69) is 63.6 Å². The summed E-state index contributed by atoms with van der Waals surface area (Å²) in [5, 5.41) is 17.5. The molecule has 0 fully saturated rings. The molecule has 5 nitrogen and oxygen atoms in total. The summed E-state index contributed by atoms with van der Waals surface area (Å²) >= 11 is 8.61. The van der Waals surface area contributed by atoms with Gasteiger partial charge in [-0.05, 0) is 44.0 Å². The van der Waals surface area contributed by atoms with Crippen LogP contribution in [0.2, 0.25) is 0 Å². The molecule has 3 N–H and O–H groups in total. The zero-order chi connectivity index (χ0) is 13.9. The SMILES string of the molecule is Brc1ccc(-c2[nH]ncc2CNCc2[nH]ncc2Br)s1. The van der Waals surface area contributed by atoms with Crippen molar-refractivity contribution < 1.29 is 0 Å². The van der Waals surface area contributed by atoms with Crippen LogP contribution in [0.5, 0.6) is 0 Å². The van der Waals surface area contributed by atoms with Gasteiger partial charge < -0.3 is 5.32 Å². The third kappa shape index (κ3) is 3.03. The largest absolute Gasteiger partial charge is 0.307 e. The van der Waals surface area contributed by atoms with Crippen LogP contribution in [0, 0.1) is 0 Å². The maximum atomic E-state index is 4.14. The third-order valence-electron chi connectivity index (χ3n) is 2.82. The minimum Gasteiger partial charge on any atom is -0.307 e. The number of hydrogen-bond acceptors (Lipinski definition) is 4. The lowest BCUT2D eigenvalue weighted by molar-refractivity contribution is 0.677. The number of nitrogens with zero attached hydrogens (tertiary/aromatic N) is 2. The Kier molecular flexibility index (Phi) is 4.35. The fourth-order valence-corrected chi connectivity index (χ4v) is 3.60. The maximum Gasteiger partial charge on any atom is 0.0795 e. The van der Waals surface area contributed by atoms with E-state index in [-0.39, 0.29) is 0 Å². The van der Waals surface area contributed by atoms with Crippen molar-refractivity contribution in [3.8, 4) is 10.6 Å². The lowest BCUT2D eigenvalue weighted by atomic mass is 10.2. The van der Waals surface area contributed by atoms with Crippen LogP contribution in [0.3, 0.4) is 0 Å². The molecule has 3 rings (SSSR count). The van der Waals surface area contributed by atoms with Crippen LogP contribution >= 0.6 is 43.2 Å². The number of aromatic amines is 2. The highest BCUT2D eigenvalue weighted by Crippen LogP contribution is 2.31. The van der Waals surface area contributed by atoms with Crippen LogP contribution in [-0.4, -0.2) is 20.4 Å². The van der Waals surface area contributed by atoms with E-state index in [9.17, 15) is 0 Å². The Morgan fingerprint density at radius 3 is 2.65 bits per heavy atom. The lowest BCUT2D eigenvalue weighted by Gasteiger charge is -2.04. The summed E-state index contributed by atoms with van der Waals surface area (Å²) in [5.41, 5.74) is 3.25.